The summed E-state index contributed by atoms with van der Waals surface area (Å²) in [4.78, 5) is 13.7. The summed E-state index contributed by atoms with van der Waals surface area (Å²) in [6.07, 6.45) is 6.82. The fraction of sp³-hybridized carbons (Fsp3) is 0.944. The molecule has 1 rings (SSSR count). The molecule has 0 bridgehead atoms. The van der Waals surface area contributed by atoms with E-state index in [9.17, 15) is 48.0 Å². The lowest BCUT2D eigenvalue weighted by Gasteiger charge is -2.39. The molecule has 1 heterocycles. The molecular formula is C18H33F6N3O5S2. The first-order valence-electron chi connectivity index (χ1n) is 10.9. The molecule has 0 spiro atoms. The normalized spacial score (nSPS) is 15.9. The number of hydrogen-bond donors (Lipinski definition) is 0. The standard InChI is InChI=1S/C16H33N2O.C2F6NO4S2/c1-4-12-18(13-5-2,14-6-3)15-8-11-17-10-7-9-16(17)19;3-1(4,5)14(10,11)9-15(12,13)2(6,7)8/h4-15H2,1-3H3;/q+1;-1. The lowest BCUT2D eigenvalue weighted by molar-refractivity contribution is -0.928. The van der Waals surface area contributed by atoms with Crippen molar-refractivity contribution in [3.8, 4) is 0 Å². The summed E-state index contributed by atoms with van der Waals surface area (Å²) in [6, 6.07) is 0. The van der Waals surface area contributed by atoms with Crippen molar-refractivity contribution < 1.29 is 52.5 Å². The minimum atomic E-state index is -6.72. The molecule has 16 heteroatoms. The van der Waals surface area contributed by atoms with Crippen LogP contribution in [0.3, 0.4) is 0 Å². The van der Waals surface area contributed by atoms with Crippen LogP contribution in [0.4, 0.5) is 26.3 Å². The zero-order valence-corrected chi connectivity index (χ0v) is 21.1. The number of quaternary nitrogens is 1. The summed E-state index contributed by atoms with van der Waals surface area (Å²) >= 11 is 0. The van der Waals surface area contributed by atoms with Crippen LogP contribution in [0.5, 0.6) is 0 Å². The van der Waals surface area contributed by atoms with Crippen LogP contribution in [0.1, 0.15) is 59.3 Å². The van der Waals surface area contributed by atoms with Gasteiger partial charge in [0.15, 0.2) is 20.0 Å². The molecule has 1 amide bonds. The predicted octanol–water partition coefficient (Wildman–Crippen LogP) is 4.11. The SMILES string of the molecule is CCC[N+](CCC)(CCC)CCCN1CCCC1=O.O=S(=O)([N-]S(=O)(=O)C(F)(F)F)C(F)(F)F. The van der Waals surface area contributed by atoms with Gasteiger partial charge < -0.3 is 13.5 Å². The number of hydrogen-bond acceptors (Lipinski definition) is 5. The molecule has 0 aromatic heterocycles. The Balaban J connectivity index is 0.000000661. The summed E-state index contributed by atoms with van der Waals surface area (Å²) in [5, 5.41) is 0. The highest BCUT2D eigenvalue weighted by molar-refractivity contribution is 8.13. The number of alkyl halides is 6. The molecular weight excluding hydrogens is 516 g/mol. The first-order chi connectivity index (χ1) is 15.4. The lowest BCUT2D eigenvalue weighted by Crippen LogP contribution is -2.51. The number of carbonyl (C=O) groups is 1. The number of rotatable bonds is 12. The quantitative estimate of drug-likeness (QED) is 0.269. The van der Waals surface area contributed by atoms with Gasteiger partial charge in [0.1, 0.15) is 0 Å². The minimum Gasteiger partial charge on any atom is -0.421 e. The molecule has 0 unspecified atom stereocenters. The van der Waals surface area contributed by atoms with Crippen molar-refractivity contribution in [3.63, 3.8) is 0 Å². The number of halogens is 6. The van der Waals surface area contributed by atoms with E-state index in [1.807, 2.05) is 0 Å². The van der Waals surface area contributed by atoms with Crippen LogP contribution >= 0.6 is 0 Å². The monoisotopic (exact) mass is 549 g/mol. The van der Waals surface area contributed by atoms with Gasteiger partial charge in [0.25, 0.3) is 0 Å². The van der Waals surface area contributed by atoms with Gasteiger partial charge in [-0.3, -0.25) is 4.79 Å². The zero-order chi connectivity index (χ0) is 26.8. The van der Waals surface area contributed by atoms with Crippen molar-refractivity contribution >= 4 is 26.0 Å². The Morgan fingerprint density at radius 3 is 1.53 bits per heavy atom. The van der Waals surface area contributed by atoms with E-state index in [4.69, 9.17) is 0 Å². The minimum absolute atomic E-state index is 0.375. The van der Waals surface area contributed by atoms with E-state index < -0.39 is 31.1 Å². The van der Waals surface area contributed by atoms with Gasteiger partial charge in [-0.05, 0) is 25.7 Å². The highest BCUT2D eigenvalue weighted by Crippen LogP contribution is 2.36. The van der Waals surface area contributed by atoms with Gasteiger partial charge >= 0.3 is 11.0 Å². The number of sulfonamides is 2. The van der Waals surface area contributed by atoms with E-state index in [0.717, 1.165) is 30.1 Å². The Kier molecular flexibility index (Phi) is 12.8. The van der Waals surface area contributed by atoms with E-state index in [-0.39, 0.29) is 0 Å². The first-order valence-corrected chi connectivity index (χ1v) is 13.8. The second kappa shape index (κ2) is 13.3. The summed E-state index contributed by atoms with van der Waals surface area (Å²) in [7, 11) is -13.4. The molecule has 0 atom stereocenters. The molecule has 204 valence electrons. The van der Waals surface area contributed by atoms with Crippen molar-refractivity contribution in [1.82, 2.24) is 4.90 Å². The third-order valence-corrected chi connectivity index (χ3v) is 7.85. The summed E-state index contributed by atoms with van der Waals surface area (Å²) in [6.45, 7) is 14.0. The first kappa shape index (κ1) is 32.9. The molecule has 0 radical (unpaired) electrons. The Morgan fingerprint density at radius 1 is 0.824 bits per heavy atom. The molecule has 0 aromatic carbocycles. The average molecular weight is 550 g/mol. The lowest BCUT2D eigenvalue weighted by atomic mass is 10.2. The van der Waals surface area contributed by atoms with Crippen molar-refractivity contribution in [2.75, 3.05) is 39.3 Å². The number of likely N-dealkylation sites (tertiary alicyclic amines) is 1. The second-order valence-electron chi connectivity index (χ2n) is 7.99. The third kappa shape index (κ3) is 10.2. The predicted molar refractivity (Wildman–Crippen MR) is 114 cm³/mol. The van der Waals surface area contributed by atoms with Crippen LogP contribution in [0, 0.1) is 0 Å². The maximum atomic E-state index is 11.6. The van der Waals surface area contributed by atoms with E-state index in [1.54, 1.807) is 0 Å². The number of nitrogens with zero attached hydrogens (tertiary/aromatic N) is 3. The summed E-state index contributed by atoms with van der Waals surface area (Å²) in [5.41, 5.74) is -12.4. The molecule has 0 aromatic rings. The molecule has 0 saturated carbocycles. The highest BCUT2D eigenvalue weighted by Gasteiger charge is 2.46. The van der Waals surface area contributed by atoms with Gasteiger partial charge in [-0.2, -0.15) is 26.3 Å². The second-order valence-corrected chi connectivity index (χ2v) is 11.4. The van der Waals surface area contributed by atoms with Gasteiger partial charge in [0, 0.05) is 25.9 Å². The van der Waals surface area contributed by atoms with Gasteiger partial charge in [-0.15, -0.1) is 0 Å². The molecule has 1 aliphatic heterocycles. The van der Waals surface area contributed by atoms with Crippen LogP contribution in [-0.4, -0.2) is 82.4 Å². The van der Waals surface area contributed by atoms with Crippen LogP contribution < -0.4 is 0 Å². The summed E-state index contributed by atoms with van der Waals surface area (Å²) in [5.74, 6) is 0.375. The topological polar surface area (TPSA) is 103 Å². The Bertz CT molecular complexity index is 786. The maximum Gasteiger partial charge on any atom is 0.480 e. The van der Waals surface area contributed by atoms with E-state index in [2.05, 4.69) is 25.7 Å². The van der Waals surface area contributed by atoms with E-state index in [1.165, 1.54) is 56.3 Å². The number of carbonyl (C=O) groups excluding carboxylic acids is 1. The van der Waals surface area contributed by atoms with E-state index >= 15 is 0 Å². The van der Waals surface area contributed by atoms with Crippen LogP contribution in [0.2, 0.25) is 0 Å². The van der Waals surface area contributed by atoms with Gasteiger partial charge in [0.2, 0.25) is 5.91 Å². The Morgan fingerprint density at radius 2 is 1.24 bits per heavy atom. The van der Waals surface area contributed by atoms with Crippen LogP contribution in [0.15, 0.2) is 0 Å². The fourth-order valence-electron chi connectivity index (χ4n) is 3.84. The molecule has 1 aliphatic rings. The molecule has 1 fully saturated rings. The average Bonchev–Trinajstić information content (AvgIpc) is 3.05. The van der Waals surface area contributed by atoms with Crippen LogP contribution in [-0.2, 0) is 24.8 Å². The third-order valence-electron chi connectivity index (χ3n) is 5.11. The number of amides is 1. The van der Waals surface area contributed by atoms with Crippen molar-refractivity contribution in [1.29, 1.82) is 0 Å². The molecule has 1 saturated heterocycles. The molecule has 8 nitrogen and oxygen atoms in total. The fourth-order valence-corrected chi connectivity index (χ4v) is 5.55. The molecule has 34 heavy (non-hydrogen) atoms. The van der Waals surface area contributed by atoms with Gasteiger partial charge in [0.05, 0.1) is 26.2 Å². The molecule has 0 N–H and O–H groups in total. The summed E-state index contributed by atoms with van der Waals surface area (Å²) < 4.78 is 110. The van der Waals surface area contributed by atoms with E-state index in [0.29, 0.717) is 5.91 Å². The smallest absolute Gasteiger partial charge is 0.421 e. The molecule has 0 aliphatic carbocycles. The van der Waals surface area contributed by atoms with Crippen molar-refractivity contribution in [2.24, 2.45) is 0 Å². The largest absolute Gasteiger partial charge is 0.480 e. The Hall–Kier alpha value is -1.13. The van der Waals surface area contributed by atoms with Crippen LogP contribution in [0.25, 0.3) is 4.13 Å². The van der Waals surface area contributed by atoms with Crippen molar-refractivity contribution in [3.05, 3.63) is 4.13 Å². The Labute approximate surface area is 197 Å². The zero-order valence-electron chi connectivity index (χ0n) is 19.5. The van der Waals surface area contributed by atoms with Crippen molar-refractivity contribution in [2.45, 2.75) is 70.3 Å². The highest BCUT2D eigenvalue weighted by atomic mass is 32.3. The maximum absolute atomic E-state index is 11.6. The van der Waals surface area contributed by atoms with Gasteiger partial charge in [-0.25, -0.2) is 16.8 Å². The van der Waals surface area contributed by atoms with Gasteiger partial charge in [-0.1, -0.05) is 20.8 Å².